The van der Waals surface area contributed by atoms with Crippen LogP contribution < -0.4 is 0 Å². The lowest BCUT2D eigenvalue weighted by Gasteiger charge is -2.43. The number of rotatable bonds is 3. The van der Waals surface area contributed by atoms with Gasteiger partial charge in [-0.15, -0.1) is 0 Å². The molecule has 0 aromatic heterocycles. The van der Waals surface area contributed by atoms with E-state index >= 15 is 0 Å². The molecule has 0 aromatic carbocycles. The molecule has 0 bridgehead atoms. The highest BCUT2D eigenvalue weighted by atomic mass is 15.3. The molecule has 0 spiro atoms. The second-order valence-corrected chi connectivity index (χ2v) is 6.73. The fourth-order valence-corrected chi connectivity index (χ4v) is 4.06. The molecule has 2 saturated heterocycles. The smallest absolute Gasteiger partial charge is 0.0115 e. The normalized spacial score (nSPS) is 40.0. The molecule has 2 aliphatic rings. The summed E-state index contributed by atoms with van der Waals surface area (Å²) >= 11 is 0. The second-order valence-electron chi connectivity index (χ2n) is 6.73. The number of likely N-dealkylation sites (tertiary alicyclic amines) is 2. The van der Waals surface area contributed by atoms with Gasteiger partial charge >= 0.3 is 0 Å². The average molecular weight is 252 g/mol. The number of hydrogen-bond acceptors (Lipinski definition) is 2. The zero-order chi connectivity index (χ0) is 13.1. The lowest BCUT2D eigenvalue weighted by molar-refractivity contribution is 0.0509. The van der Waals surface area contributed by atoms with E-state index < -0.39 is 0 Å². The van der Waals surface area contributed by atoms with Crippen LogP contribution in [0.2, 0.25) is 0 Å². The van der Waals surface area contributed by atoms with Gasteiger partial charge in [0, 0.05) is 37.3 Å². The monoisotopic (exact) mass is 252 g/mol. The minimum atomic E-state index is 0.796. The first-order valence-corrected chi connectivity index (χ1v) is 8.11. The van der Waals surface area contributed by atoms with Crippen molar-refractivity contribution in [3.63, 3.8) is 0 Å². The summed E-state index contributed by atoms with van der Waals surface area (Å²) in [7, 11) is 0. The van der Waals surface area contributed by atoms with Gasteiger partial charge in [-0.1, -0.05) is 12.8 Å². The Labute approximate surface area is 114 Å². The zero-order valence-corrected chi connectivity index (χ0v) is 12.9. The van der Waals surface area contributed by atoms with Crippen molar-refractivity contribution in [2.45, 2.75) is 90.4 Å². The van der Waals surface area contributed by atoms with E-state index in [1.165, 1.54) is 51.6 Å². The van der Waals surface area contributed by atoms with E-state index in [9.17, 15) is 0 Å². The van der Waals surface area contributed by atoms with Crippen LogP contribution in [0.25, 0.3) is 0 Å². The molecule has 0 radical (unpaired) electrons. The minimum Gasteiger partial charge on any atom is -0.297 e. The molecular formula is C16H32N2. The van der Waals surface area contributed by atoms with E-state index in [-0.39, 0.29) is 0 Å². The van der Waals surface area contributed by atoms with Crippen LogP contribution in [0.3, 0.4) is 0 Å². The van der Waals surface area contributed by atoms with Crippen molar-refractivity contribution in [3.8, 4) is 0 Å². The summed E-state index contributed by atoms with van der Waals surface area (Å²) in [6.07, 6.45) is 8.44. The maximum Gasteiger partial charge on any atom is 0.0115 e. The average Bonchev–Trinajstić information content (AvgIpc) is 2.31. The van der Waals surface area contributed by atoms with Crippen molar-refractivity contribution in [2.75, 3.05) is 13.1 Å². The molecule has 2 fully saturated rings. The molecule has 2 heterocycles. The Morgan fingerprint density at radius 1 is 0.611 bits per heavy atom. The summed E-state index contributed by atoms with van der Waals surface area (Å²) in [5, 5.41) is 0. The molecule has 0 N–H and O–H groups in total. The van der Waals surface area contributed by atoms with Gasteiger partial charge in [0.25, 0.3) is 0 Å². The van der Waals surface area contributed by atoms with Crippen molar-refractivity contribution < 1.29 is 0 Å². The third-order valence-corrected chi connectivity index (χ3v) is 5.37. The summed E-state index contributed by atoms with van der Waals surface area (Å²) in [5.74, 6) is 0. The predicted molar refractivity (Wildman–Crippen MR) is 79.0 cm³/mol. The summed E-state index contributed by atoms with van der Waals surface area (Å²) in [5.41, 5.74) is 0. The summed E-state index contributed by atoms with van der Waals surface area (Å²) in [6.45, 7) is 12.2. The molecule has 0 saturated carbocycles. The molecular weight excluding hydrogens is 220 g/mol. The van der Waals surface area contributed by atoms with Crippen molar-refractivity contribution in [2.24, 2.45) is 0 Å². The van der Waals surface area contributed by atoms with Crippen LogP contribution in [0.4, 0.5) is 0 Å². The van der Waals surface area contributed by atoms with Crippen LogP contribution in [0, 0.1) is 0 Å². The quantitative estimate of drug-likeness (QED) is 0.758. The number of nitrogens with zero attached hydrogens (tertiary/aromatic N) is 2. The number of hydrogen-bond donors (Lipinski definition) is 0. The SMILES string of the molecule is C[C@@H]1CCC[C@H](C)N1CCN1[C@@H](C)CCC[C@@H]1C. The van der Waals surface area contributed by atoms with E-state index in [0.29, 0.717) is 0 Å². The third kappa shape index (κ3) is 3.27. The molecule has 2 aliphatic heterocycles. The first kappa shape index (κ1) is 14.3. The van der Waals surface area contributed by atoms with Crippen molar-refractivity contribution in [3.05, 3.63) is 0 Å². The van der Waals surface area contributed by atoms with Crippen molar-refractivity contribution >= 4 is 0 Å². The maximum absolute atomic E-state index is 2.75. The molecule has 106 valence electrons. The topological polar surface area (TPSA) is 6.48 Å². The van der Waals surface area contributed by atoms with Gasteiger partial charge < -0.3 is 0 Å². The summed E-state index contributed by atoms with van der Waals surface area (Å²) in [4.78, 5) is 5.50. The molecule has 0 aliphatic carbocycles. The maximum atomic E-state index is 2.75. The third-order valence-electron chi connectivity index (χ3n) is 5.37. The molecule has 0 unspecified atom stereocenters. The molecule has 0 amide bonds. The molecule has 2 nitrogen and oxygen atoms in total. The van der Waals surface area contributed by atoms with Gasteiger partial charge in [0.2, 0.25) is 0 Å². The lowest BCUT2D eigenvalue weighted by Crippen LogP contribution is -2.51. The van der Waals surface area contributed by atoms with Crippen molar-refractivity contribution in [1.82, 2.24) is 9.80 Å². The van der Waals surface area contributed by atoms with E-state index in [0.717, 1.165) is 24.2 Å². The van der Waals surface area contributed by atoms with E-state index in [1.807, 2.05) is 0 Å². The van der Waals surface area contributed by atoms with Crippen LogP contribution in [0.1, 0.15) is 66.2 Å². The Balaban J connectivity index is 1.85. The van der Waals surface area contributed by atoms with Crippen LogP contribution >= 0.6 is 0 Å². The van der Waals surface area contributed by atoms with E-state index in [4.69, 9.17) is 0 Å². The first-order chi connectivity index (χ1) is 8.59. The molecule has 2 heteroatoms. The van der Waals surface area contributed by atoms with Crippen LogP contribution in [0.15, 0.2) is 0 Å². The van der Waals surface area contributed by atoms with E-state index in [1.54, 1.807) is 0 Å². The van der Waals surface area contributed by atoms with Crippen LogP contribution in [-0.4, -0.2) is 47.1 Å². The van der Waals surface area contributed by atoms with Crippen LogP contribution in [-0.2, 0) is 0 Å². The molecule has 4 atom stereocenters. The Hall–Kier alpha value is -0.0800. The van der Waals surface area contributed by atoms with Crippen LogP contribution in [0.5, 0.6) is 0 Å². The first-order valence-electron chi connectivity index (χ1n) is 8.11. The highest BCUT2D eigenvalue weighted by Gasteiger charge is 2.28. The predicted octanol–water partition coefficient (Wildman–Crippen LogP) is 3.51. The van der Waals surface area contributed by atoms with Gasteiger partial charge in [-0.05, 0) is 53.4 Å². The zero-order valence-electron chi connectivity index (χ0n) is 12.9. The minimum absolute atomic E-state index is 0.796. The summed E-state index contributed by atoms with van der Waals surface area (Å²) < 4.78 is 0. The Bertz CT molecular complexity index is 207. The van der Waals surface area contributed by atoms with Gasteiger partial charge in [-0.3, -0.25) is 9.80 Å². The highest BCUT2D eigenvalue weighted by molar-refractivity contribution is 4.84. The molecule has 0 aromatic rings. The van der Waals surface area contributed by atoms with Gasteiger partial charge in [0.15, 0.2) is 0 Å². The Morgan fingerprint density at radius 2 is 0.889 bits per heavy atom. The van der Waals surface area contributed by atoms with Gasteiger partial charge in [-0.25, -0.2) is 0 Å². The van der Waals surface area contributed by atoms with E-state index in [2.05, 4.69) is 37.5 Å². The van der Waals surface area contributed by atoms with Gasteiger partial charge in [0.05, 0.1) is 0 Å². The Morgan fingerprint density at radius 3 is 1.17 bits per heavy atom. The molecule has 2 rings (SSSR count). The lowest BCUT2D eigenvalue weighted by atomic mass is 9.96. The largest absolute Gasteiger partial charge is 0.297 e. The highest BCUT2D eigenvalue weighted by Crippen LogP contribution is 2.25. The number of piperidine rings is 2. The summed E-state index contributed by atoms with van der Waals surface area (Å²) in [6, 6.07) is 3.18. The standard InChI is InChI=1S/C16H32N2/c1-13-7-5-8-14(2)17(13)11-12-18-15(3)9-6-10-16(18)4/h13-16H,5-12H2,1-4H3/t13-,14-,15-,16+/m0/s1. The fourth-order valence-electron chi connectivity index (χ4n) is 4.06. The fraction of sp³-hybridized carbons (Fsp3) is 1.00. The van der Waals surface area contributed by atoms with Gasteiger partial charge in [-0.2, -0.15) is 0 Å². The second kappa shape index (κ2) is 6.38. The van der Waals surface area contributed by atoms with Crippen molar-refractivity contribution in [1.29, 1.82) is 0 Å². The molecule has 18 heavy (non-hydrogen) atoms. The Kier molecular flexibility index (Phi) is 5.08. The van der Waals surface area contributed by atoms with Gasteiger partial charge in [0.1, 0.15) is 0 Å².